The van der Waals surface area contributed by atoms with Gasteiger partial charge in [-0.15, -0.1) is 0 Å². The van der Waals surface area contributed by atoms with Crippen molar-refractivity contribution in [3.05, 3.63) is 46.2 Å². The van der Waals surface area contributed by atoms with Crippen LogP contribution in [0.1, 0.15) is 29.2 Å². The molecule has 2 N–H and O–H groups in total. The fraction of sp³-hybridized carbons (Fsp3) is 0.438. The number of hydrogen-bond acceptors (Lipinski definition) is 3. The van der Waals surface area contributed by atoms with Gasteiger partial charge >= 0.3 is 0 Å². The summed E-state index contributed by atoms with van der Waals surface area (Å²) >= 11 is 6.37. The summed E-state index contributed by atoms with van der Waals surface area (Å²) in [5, 5.41) is 5.13. The van der Waals surface area contributed by atoms with Crippen molar-refractivity contribution in [2.24, 2.45) is 12.8 Å². The molecule has 3 rings (SSSR count). The largest absolute Gasteiger partial charge is 0.366 e. The van der Waals surface area contributed by atoms with Crippen LogP contribution in [0.5, 0.6) is 0 Å². The van der Waals surface area contributed by atoms with Gasteiger partial charge in [0.2, 0.25) is 0 Å². The van der Waals surface area contributed by atoms with Crippen LogP contribution in [0.15, 0.2) is 24.3 Å². The van der Waals surface area contributed by atoms with E-state index in [1.54, 1.807) is 4.68 Å². The zero-order chi connectivity index (χ0) is 15.0. The lowest BCUT2D eigenvalue weighted by molar-refractivity contribution is 0.643. The Morgan fingerprint density at radius 2 is 2.14 bits per heavy atom. The highest BCUT2D eigenvalue weighted by Gasteiger charge is 2.28. The van der Waals surface area contributed by atoms with Gasteiger partial charge in [0.1, 0.15) is 5.15 Å². The van der Waals surface area contributed by atoms with Crippen molar-refractivity contribution in [2.75, 3.05) is 18.0 Å². The highest BCUT2D eigenvalue weighted by atomic mass is 35.5. The first-order valence-corrected chi connectivity index (χ1v) is 7.71. The van der Waals surface area contributed by atoms with Crippen LogP contribution >= 0.6 is 11.6 Å². The number of nitrogens with two attached hydrogens (primary N) is 1. The first-order valence-electron chi connectivity index (χ1n) is 7.33. The minimum atomic E-state index is 0.516. The summed E-state index contributed by atoms with van der Waals surface area (Å²) in [6, 6.07) is 8.60. The molecule has 1 aromatic heterocycles. The fourth-order valence-corrected chi connectivity index (χ4v) is 3.46. The second kappa shape index (κ2) is 5.70. The lowest BCUT2D eigenvalue weighted by Gasteiger charge is -2.20. The van der Waals surface area contributed by atoms with E-state index in [9.17, 15) is 0 Å². The van der Waals surface area contributed by atoms with E-state index in [2.05, 4.69) is 34.3 Å². The minimum absolute atomic E-state index is 0.516. The second-order valence-electron chi connectivity index (χ2n) is 5.69. The summed E-state index contributed by atoms with van der Waals surface area (Å²) in [4.78, 5) is 2.39. The molecule has 2 heterocycles. The van der Waals surface area contributed by atoms with Gasteiger partial charge in [0.15, 0.2) is 0 Å². The molecule has 1 unspecified atom stereocenters. The Morgan fingerprint density at radius 1 is 1.38 bits per heavy atom. The van der Waals surface area contributed by atoms with Crippen LogP contribution in [0.25, 0.3) is 0 Å². The molecule has 0 amide bonds. The summed E-state index contributed by atoms with van der Waals surface area (Å²) in [5.74, 6) is 0.516. The molecule has 0 saturated carbocycles. The van der Waals surface area contributed by atoms with Crippen molar-refractivity contribution in [1.82, 2.24) is 9.78 Å². The lowest BCUT2D eigenvalue weighted by atomic mass is 9.98. The Bertz CT molecular complexity index is 650. The fourth-order valence-electron chi connectivity index (χ4n) is 3.23. The smallest absolute Gasteiger partial charge is 0.131 e. The molecule has 0 bridgehead atoms. The molecule has 1 aromatic carbocycles. The summed E-state index contributed by atoms with van der Waals surface area (Å²) in [6.45, 7) is 4.54. The van der Waals surface area contributed by atoms with Gasteiger partial charge in [0.25, 0.3) is 0 Å². The van der Waals surface area contributed by atoms with Gasteiger partial charge < -0.3 is 10.6 Å². The quantitative estimate of drug-likeness (QED) is 0.945. The third-order valence-corrected chi connectivity index (χ3v) is 4.76. The highest BCUT2D eigenvalue weighted by molar-refractivity contribution is 6.30. The maximum Gasteiger partial charge on any atom is 0.131 e. The van der Waals surface area contributed by atoms with Crippen LogP contribution in [-0.4, -0.2) is 22.9 Å². The topological polar surface area (TPSA) is 47.1 Å². The predicted molar refractivity (Wildman–Crippen MR) is 86.9 cm³/mol. The molecule has 112 valence electrons. The number of rotatable bonds is 4. The van der Waals surface area contributed by atoms with Gasteiger partial charge in [0.05, 0.1) is 5.69 Å². The molecule has 0 spiro atoms. The van der Waals surface area contributed by atoms with E-state index in [1.165, 1.54) is 11.3 Å². The maximum atomic E-state index is 6.37. The Balaban J connectivity index is 1.90. The van der Waals surface area contributed by atoms with Crippen LogP contribution in [0.2, 0.25) is 5.15 Å². The van der Waals surface area contributed by atoms with Crippen molar-refractivity contribution in [1.29, 1.82) is 0 Å². The number of aromatic nitrogens is 2. The monoisotopic (exact) mass is 304 g/mol. The third kappa shape index (κ3) is 2.54. The number of para-hydroxylation sites is 1. The number of anilines is 1. The number of nitrogens with zero attached hydrogens (tertiary/aromatic N) is 3. The molecule has 1 aliphatic rings. The standard InChI is InChI=1S/C16H21ClN4/c1-11-14(16(17)20(2)19-11)10-21-9-12(7-8-18)13-5-3-4-6-15(13)21/h3-6,12H,7-10,18H2,1-2H3. The Kier molecular flexibility index (Phi) is 3.91. The van der Waals surface area contributed by atoms with Gasteiger partial charge in [0, 0.05) is 37.3 Å². The molecule has 1 aliphatic heterocycles. The highest BCUT2D eigenvalue weighted by Crippen LogP contribution is 2.39. The van der Waals surface area contributed by atoms with E-state index in [4.69, 9.17) is 17.3 Å². The number of hydrogen-bond donors (Lipinski definition) is 1. The number of aryl methyl sites for hydroxylation is 2. The van der Waals surface area contributed by atoms with Crippen LogP contribution < -0.4 is 10.6 Å². The summed E-state index contributed by atoms with van der Waals surface area (Å²) < 4.78 is 1.74. The lowest BCUT2D eigenvalue weighted by Crippen LogP contribution is -2.22. The molecule has 0 aliphatic carbocycles. The maximum absolute atomic E-state index is 6.37. The molecular formula is C16H21ClN4. The van der Waals surface area contributed by atoms with Gasteiger partial charge in [-0.1, -0.05) is 29.8 Å². The predicted octanol–water partition coefficient (Wildman–Crippen LogP) is 2.83. The average molecular weight is 305 g/mol. The Labute approximate surface area is 130 Å². The molecule has 2 aromatic rings. The van der Waals surface area contributed by atoms with E-state index in [0.717, 1.165) is 42.5 Å². The average Bonchev–Trinajstić information content (AvgIpc) is 2.93. The molecular weight excluding hydrogens is 284 g/mol. The van der Waals surface area contributed by atoms with Gasteiger partial charge in [-0.3, -0.25) is 4.68 Å². The number of fused-ring (bicyclic) bond motifs is 1. The van der Waals surface area contributed by atoms with Gasteiger partial charge in [-0.25, -0.2) is 0 Å². The number of benzene rings is 1. The van der Waals surface area contributed by atoms with Crippen molar-refractivity contribution in [2.45, 2.75) is 25.8 Å². The van der Waals surface area contributed by atoms with E-state index in [0.29, 0.717) is 5.92 Å². The van der Waals surface area contributed by atoms with Gasteiger partial charge in [-0.2, -0.15) is 5.10 Å². The third-order valence-electron chi connectivity index (χ3n) is 4.29. The van der Waals surface area contributed by atoms with Crippen LogP contribution in [0.3, 0.4) is 0 Å². The van der Waals surface area contributed by atoms with E-state index >= 15 is 0 Å². The van der Waals surface area contributed by atoms with Crippen molar-refractivity contribution >= 4 is 17.3 Å². The zero-order valence-corrected chi connectivity index (χ0v) is 13.3. The molecule has 0 saturated heterocycles. The summed E-state index contributed by atoms with van der Waals surface area (Å²) in [6.07, 6.45) is 1.02. The minimum Gasteiger partial charge on any atom is -0.366 e. The molecule has 1 atom stereocenters. The first kappa shape index (κ1) is 14.4. The summed E-state index contributed by atoms with van der Waals surface area (Å²) in [5.41, 5.74) is 10.6. The molecule has 0 radical (unpaired) electrons. The van der Waals surface area contributed by atoms with E-state index in [1.807, 2.05) is 14.0 Å². The molecule has 4 nitrogen and oxygen atoms in total. The molecule has 0 fully saturated rings. The van der Waals surface area contributed by atoms with Crippen LogP contribution in [0.4, 0.5) is 5.69 Å². The SMILES string of the molecule is Cc1nn(C)c(Cl)c1CN1CC(CCN)c2ccccc21. The van der Waals surface area contributed by atoms with Gasteiger partial charge in [-0.05, 0) is 31.5 Å². The van der Waals surface area contributed by atoms with E-state index < -0.39 is 0 Å². The molecule has 5 heteroatoms. The van der Waals surface area contributed by atoms with Crippen molar-refractivity contribution in [3.63, 3.8) is 0 Å². The number of halogens is 1. The second-order valence-corrected chi connectivity index (χ2v) is 6.05. The van der Waals surface area contributed by atoms with Crippen molar-refractivity contribution < 1.29 is 0 Å². The summed E-state index contributed by atoms with van der Waals surface area (Å²) in [7, 11) is 1.88. The van der Waals surface area contributed by atoms with E-state index in [-0.39, 0.29) is 0 Å². The normalized spacial score (nSPS) is 17.3. The Morgan fingerprint density at radius 3 is 2.81 bits per heavy atom. The van der Waals surface area contributed by atoms with Crippen LogP contribution in [0, 0.1) is 6.92 Å². The zero-order valence-electron chi connectivity index (χ0n) is 12.5. The molecule has 21 heavy (non-hydrogen) atoms. The first-order chi connectivity index (χ1) is 10.1. The Hall–Kier alpha value is -1.52. The van der Waals surface area contributed by atoms with Crippen molar-refractivity contribution in [3.8, 4) is 0 Å². The van der Waals surface area contributed by atoms with Crippen LogP contribution in [-0.2, 0) is 13.6 Å².